The highest BCUT2D eigenvalue weighted by Gasteiger charge is 2.29. The molecule has 142 valence electrons. The minimum atomic E-state index is -3.12. The third kappa shape index (κ3) is 5.20. The van der Waals surface area contributed by atoms with Gasteiger partial charge in [0.25, 0.3) is 0 Å². The van der Waals surface area contributed by atoms with Crippen molar-refractivity contribution in [2.45, 2.75) is 38.4 Å². The summed E-state index contributed by atoms with van der Waals surface area (Å²) in [6.07, 6.45) is 6.11. The van der Waals surface area contributed by atoms with Crippen LogP contribution >= 0.6 is 0 Å². The summed E-state index contributed by atoms with van der Waals surface area (Å²) >= 11 is 0. The van der Waals surface area contributed by atoms with E-state index in [9.17, 15) is 8.42 Å². The van der Waals surface area contributed by atoms with Crippen LogP contribution in [0.1, 0.15) is 32.8 Å². The number of rotatable bonds is 5. The van der Waals surface area contributed by atoms with Crippen LogP contribution in [0.15, 0.2) is 17.4 Å². The van der Waals surface area contributed by atoms with Gasteiger partial charge in [0.1, 0.15) is 0 Å². The van der Waals surface area contributed by atoms with Gasteiger partial charge in [-0.05, 0) is 45.1 Å². The van der Waals surface area contributed by atoms with Crippen molar-refractivity contribution in [2.75, 3.05) is 32.4 Å². The van der Waals surface area contributed by atoms with Crippen molar-refractivity contribution < 1.29 is 8.42 Å². The highest BCUT2D eigenvalue weighted by molar-refractivity contribution is 7.92. The maximum absolute atomic E-state index is 12.2. The van der Waals surface area contributed by atoms with Crippen molar-refractivity contribution in [3.63, 3.8) is 0 Å². The van der Waals surface area contributed by atoms with Gasteiger partial charge in [-0.15, -0.1) is 0 Å². The molecular formula is C17H31N5O2S. The van der Waals surface area contributed by atoms with Gasteiger partial charge in [-0.3, -0.25) is 9.67 Å². The topological polar surface area (TPSA) is 79.6 Å². The van der Waals surface area contributed by atoms with Crippen molar-refractivity contribution in [3.05, 3.63) is 18.0 Å². The Bertz CT molecular complexity index is 703. The number of guanidine groups is 1. The second-order valence-electron chi connectivity index (χ2n) is 7.73. The Hall–Kier alpha value is -1.57. The summed E-state index contributed by atoms with van der Waals surface area (Å²) in [4.78, 5) is 6.53. The van der Waals surface area contributed by atoms with Crippen LogP contribution in [-0.2, 0) is 23.3 Å². The first-order valence-electron chi connectivity index (χ1n) is 8.78. The third-order valence-electron chi connectivity index (χ3n) is 4.67. The Labute approximate surface area is 151 Å². The number of nitrogens with one attached hydrogen (secondary N) is 1. The van der Waals surface area contributed by atoms with Gasteiger partial charge in [0.15, 0.2) is 15.8 Å². The summed E-state index contributed by atoms with van der Waals surface area (Å²) in [7, 11) is 0.558. The molecule has 1 aromatic rings. The van der Waals surface area contributed by atoms with E-state index < -0.39 is 14.6 Å². The Morgan fingerprint density at radius 2 is 2.16 bits per heavy atom. The maximum atomic E-state index is 12.2. The van der Waals surface area contributed by atoms with Crippen molar-refractivity contribution in [1.82, 2.24) is 20.0 Å². The SMILES string of the molecule is CN=C(NCCS(=O)(=O)C(C)(C)C)N1CCC(Cc2cnn(C)c2)C1. The van der Waals surface area contributed by atoms with E-state index in [1.54, 1.807) is 27.8 Å². The van der Waals surface area contributed by atoms with Crippen LogP contribution in [0.5, 0.6) is 0 Å². The smallest absolute Gasteiger partial charge is 0.193 e. The van der Waals surface area contributed by atoms with E-state index >= 15 is 0 Å². The molecular weight excluding hydrogens is 338 g/mol. The van der Waals surface area contributed by atoms with Crippen molar-refractivity contribution in [1.29, 1.82) is 0 Å². The van der Waals surface area contributed by atoms with Crippen molar-refractivity contribution in [2.24, 2.45) is 18.0 Å². The molecule has 1 aromatic heterocycles. The number of aromatic nitrogens is 2. The fourth-order valence-electron chi connectivity index (χ4n) is 3.04. The van der Waals surface area contributed by atoms with Gasteiger partial charge in [-0.1, -0.05) is 0 Å². The van der Waals surface area contributed by atoms with E-state index in [4.69, 9.17) is 0 Å². The fraction of sp³-hybridized carbons (Fsp3) is 0.765. The first-order valence-corrected chi connectivity index (χ1v) is 10.4. The van der Waals surface area contributed by atoms with Crippen LogP contribution in [0.25, 0.3) is 0 Å². The highest BCUT2D eigenvalue weighted by Crippen LogP contribution is 2.21. The molecule has 0 spiro atoms. The number of aliphatic imine (C=N–C) groups is 1. The molecule has 0 saturated carbocycles. The maximum Gasteiger partial charge on any atom is 0.193 e. The molecule has 1 atom stereocenters. The molecule has 0 amide bonds. The predicted molar refractivity (Wildman–Crippen MR) is 101 cm³/mol. The zero-order chi connectivity index (χ0) is 18.7. The lowest BCUT2D eigenvalue weighted by atomic mass is 10.0. The lowest BCUT2D eigenvalue weighted by Crippen LogP contribution is -2.43. The van der Waals surface area contributed by atoms with E-state index in [-0.39, 0.29) is 5.75 Å². The number of sulfone groups is 1. The van der Waals surface area contributed by atoms with Gasteiger partial charge >= 0.3 is 0 Å². The summed E-state index contributed by atoms with van der Waals surface area (Å²) in [6.45, 7) is 7.47. The van der Waals surface area contributed by atoms with Crippen LogP contribution < -0.4 is 5.32 Å². The first kappa shape index (κ1) is 19.8. The molecule has 7 nitrogen and oxygen atoms in total. The van der Waals surface area contributed by atoms with Gasteiger partial charge in [-0.2, -0.15) is 5.10 Å². The van der Waals surface area contributed by atoms with Gasteiger partial charge in [0.2, 0.25) is 0 Å². The lowest BCUT2D eigenvalue weighted by Gasteiger charge is -2.23. The van der Waals surface area contributed by atoms with E-state index in [1.165, 1.54) is 5.56 Å². The first-order chi connectivity index (χ1) is 11.6. The second-order valence-corrected chi connectivity index (χ2v) is 10.6. The molecule has 8 heteroatoms. The molecule has 0 bridgehead atoms. The van der Waals surface area contributed by atoms with E-state index in [1.807, 2.05) is 17.9 Å². The average molecular weight is 370 g/mol. The molecule has 0 aromatic carbocycles. The number of aryl methyl sites for hydroxylation is 1. The molecule has 2 heterocycles. The molecule has 0 aliphatic carbocycles. The third-order valence-corrected chi connectivity index (χ3v) is 7.27. The predicted octanol–water partition coefficient (Wildman–Crippen LogP) is 1.07. The van der Waals surface area contributed by atoms with E-state index in [0.29, 0.717) is 12.5 Å². The van der Waals surface area contributed by atoms with Crippen molar-refractivity contribution >= 4 is 15.8 Å². The summed E-state index contributed by atoms with van der Waals surface area (Å²) in [6, 6.07) is 0. The minimum Gasteiger partial charge on any atom is -0.355 e. The Kier molecular flexibility index (Phi) is 6.13. The van der Waals surface area contributed by atoms with Crippen LogP contribution in [0, 0.1) is 5.92 Å². The molecule has 1 aliphatic heterocycles. The standard InChI is InChI=1S/C17H31N5O2S/c1-17(2,3)25(23,24)9-7-19-16(18-4)22-8-6-14(13-22)10-15-11-20-21(5)12-15/h11-12,14H,6-10,13H2,1-5H3,(H,18,19). The van der Waals surface area contributed by atoms with E-state index in [2.05, 4.69) is 26.5 Å². The van der Waals surface area contributed by atoms with Gasteiger partial charge in [0.05, 0.1) is 16.7 Å². The Morgan fingerprint density at radius 1 is 1.44 bits per heavy atom. The molecule has 1 saturated heterocycles. The van der Waals surface area contributed by atoms with Gasteiger partial charge < -0.3 is 10.2 Å². The summed E-state index contributed by atoms with van der Waals surface area (Å²) < 4.78 is 25.5. The lowest BCUT2D eigenvalue weighted by molar-refractivity contribution is 0.461. The molecule has 1 N–H and O–H groups in total. The molecule has 25 heavy (non-hydrogen) atoms. The zero-order valence-electron chi connectivity index (χ0n) is 16.0. The number of hydrogen-bond acceptors (Lipinski definition) is 4. The largest absolute Gasteiger partial charge is 0.355 e. The molecule has 2 rings (SSSR count). The van der Waals surface area contributed by atoms with Gasteiger partial charge in [0, 0.05) is 39.9 Å². The average Bonchev–Trinajstić information content (AvgIpc) is 3.12. The summed E-state index contributed by atoms with van der Waals surface area (Å²) in [5, 5.41) is 7.43. The van der Waals surface area contributed by atoms with Crippen molar-refractivity contribution in [3.8, 4) is 0 Å². The van der Waals surface area contributed by atoms with E-state index in [0.717, 1.165) is 31.9 Å². The fourth-order valence-corrected chi connectivity index (χ4v) is 4.02. The molecule has 1 unspecified atom stereocenters. The number of hydrogen-bond donors (Lipinski definition) is 1. The highest BCUT2D eigenvalue weighted by atomic mass is 32.2. The minimum absolute atomic E-state index is 0.114. The Balaban J connectivity index is 1.83. The van der Waals surface area contributed by atoms with Gasteiger partial charge in [-0.25, -0.2) is 8.42 Å². The summed E-state index contributed by atoms with van der Waals surface area (Å²) in [5.74, 6) is 1.47. The molecule has 1 fully saturated rings. The monoisotopic (exact) mass is 369 g/mol. The number of likely N-dealkylation sites (tertiary alicyclic amines) is 1. The quantitative estimate of drug-likeness (QED) is 0.620. The van der Waals surface area contributed by atoms with Crippen LogP contribution in [-0.4, -0.2) is 66.2 Å². The second kappa shape index (κ2) is 7.76. The summed E-state index contributed by atoms with van der Waals surface area (Å²) in [5.41, 5.74) is 1.26. The number of nitrogens with zero attached hydrogens (tertiary/aromatic N) is 4. The molecule has 1 aliphatic rings. The normalized spacial score (nSPS) is 19.5. The van der Waals surface area contributed by atoms with Crippen LogP contribution in [0.3, 0.4) is 0 Å². The van der Waals surface area contributed by atoms with Crippen LogP contribution in [0.4, 0.5) is 0 Å². The Morgan fingerprint density at radius 3 is 2.72 bits per heavy atom. The zero-order valence-corrected chi connectivity index (χ0v) is 16.8. The molecule has 0 radical (unpaired) electrons. The van der Waals surface area contributed by atoms with Crippen LogP contribution in [0.2, 0.25) is 0 Å².